The van der Waals surface area contributed by atoms with Gasteiger partial charge in [0.1, 0.15) is 11.5 Å². The van der Waals surface area contributed by atoms with E-state index >= 15 is 0 Å². The third-order valence-electron chi connectivity index (χ3n) is 2.78. The molecular weight excluding hydrogens is 232 g/mol. The Morgan fingerprint density at radius 3 is 2.83 bits per heavy atom. The SMILES string of the molecule is CNC(=O)CCNC(C)c1cc(OC)ccc1O. The van der Waals surface area contributed by atoms with Crippen molar-refractivity contribution < 1.29 is 14.6 Å². The van der Waals surface area contributed by atoms with Crippen LogP contribution in [0.1, 0.15) is 24.9 Å². The zero-order valence-electron chi connectivity index (χ0n) is 11.0. The van der Waals surface area contributed by atoms with Gasteiger partial charge in [0.15, 0.2) is 0 Å². The normalized spacial score (nSPS) is 11.9. The van der Waals surface area contributed by atoms with Gasteiger partial charge in [-0.25, -0.2) is 0 Å². The second-order valence-electron chi connectivity index (χ2n) is 4.02. The molecule has 1 rings (SSSR count). The van der Waals surface area contributed by atoms with Crippen molar-refractivity contribution in [3.8, 4) is 11.5 Å². The topological polar surface area (TPSA) is 70.6 Å². The molecule has 5 nitrogen and oxygen atoms in total. The second-order valence-corrected chi connectivity index (χ2v) is 4.02. The predicted molar refractivity (Wildman–Crippen MR) is 69.8 cm³/mol. The number of carbonyl (C=O) groups excluding carboxylic acids is 1. The molecule has 1 unspecified atom stereocenters. The van der Waals surface area contributed by atoms with Crippen LogP contribution in [0, 0.1) is 0 Å². The smallest absolute Gasteiger partial charge is 0.221 e. The molecule has 0 fully saturated rings. The molecule has 0 aromatic heterocycles. The minimum atomic E-state index is -0.0512. The summed E-state index contributed by atoms with van der Waals surface area (Å²) >= 11 is 0. The molecule has 0 saturated carbocycles. The zero-order valence-corrected chi connectivity index (χ0v) is 11.0. The lowest BCUT2D eigenvalue weighted by Gasteiger charge is -2.16. The van der Waals surface area contributed by atoms with E-state index in [-0.39, 0.29) is 17.7 Å². The van der Waals surface area contributed by atoms with Gasteiger partial charge in [-0.05, 0) is 25.1 Å². The quantitative estimate of drug-likeness (QED) is 0.711. The molecule has 1 amide bonds. The summed E-state index contributed by atoms with van der Waals surface area (Å²) in [6.07, 6.45) is 0.408. The Balaban J connectivity index is 2.60. The van der Waals surface area contributed by atoms with Crippen molar-refractivity contribution in [1.82, 2.24) is 10.6 Å². The fourth-order valence-electron chi connectivity index (χ4n) is 1.64. The highest BCUT2D eigenvalue weighted by Gasteiger charge is 2.11. The van der Waals surface area contributed by atoms with Gasteiger partial charge in [-0.2, -0.15) is 0 Å². The summed E-state index contributed by atoms with van der Waals surface area (Å²) in [5.41, 5.74) is 0.756. The number of carbonyl (C=O) groups is 1. The van der Waals surface area contributed by atoms with Gasteiger partial charge in [0.2, 0.25) is 5.91 Å². The number of hydrogen-bond acceptors (Lipinski definition) is 4. The van der Waals surface area contributed by atoms with E-state index in [1.165, 1.54) is 0 Å². The van der Waals surface area contributed by atoms with Crippen molar-refractivity contribution in [3.05, 3.63) is 23.8 Å². The number of ether oxygens (including phenoxy) is 1. The van der Waals surface area contributed by atoms with Crippen LogP contribution >= 0.6 is 0 Å². The molecule has 0 saturated heterocycles. The maximum absolute atomic E-state index is 11.1. The Morgan fingerprint density at radius 2 is 2.22 bits per heavy atom. The minimum Gasteiger partial charge on any atom is -0.508 e. The van der Waals surface area contributed by atoms with Crippen LogP contribution in [-0.2, 0) is 4.79 Å². The molecule has 18 heavy (non-hydrogen) atoms. The molecule has 0 radical (unpaired) electrons. The third kappa shape index (κ3) is 3.92. The van der Waals surface area contributed by atoms with Gasteiger partial charge >= 0.3 is 0 Å². The Morgan fingerprint density at radius 1 is 1.50 bits per heavy atom. The fourth-order valence-corrected chi connectivity index (χ4v) is 1.64. The molecule has 1 aromatic carbocycles. The molecule has 1 aromatic rings. The predicted octanol–water partition coefficient (Wildman–Crippen LogP) is 1.19. The number of benzene rings is 1. The summed E-state index contributed by atoms with van der Waals surface area (Å²) in [4.78, 5) is 11.1. The average Bonchev–Trinajstić information content (AvgIpc) is 2.38. The highest BCUT2D eigenvalue weighted by Crippen LogP contribution is 2.28. The molecule has 0 heterocycles. The van der Waals surface area contributed by atoms with E-state index in [1.807, 2.05) is 6.92 Å². The van der Waals surface area contributed by atoms with E-state index < -0.39 is 0 Å². The van der Waals surface area contributed by atoms with Crippen molar-refractivity contribution in [1.29, 1.82) is 0 Å². The van der Waals surface area contributed by atoms with Crippen LogP contribution in [0.4, 0.5) is 0 Å². The van der Waals surface area contributed by atoms with Crippen LogP contribution in [0.25, 0.3) is 0 Å². The molecule has 0 aliphatic rings. The molecule has 0 aliphatic heterocycles. The summed E-state index contributed by atoms with van der Waals surface area (Å²) in [6.45, 7) is 2.48. The average molecular weight is 252 g/mol. The van der Waals surface area contributed by atoms with Crippen molar-refractivity contribution in [2.24, 2.45) is 0 Å². The maximum atomic E-state index is 11.1. The second kappa shape index (κ2) is 6.86. The van der Waals surface area contributed by atoms with Gasteiger partial charge in [0.05, 0.1) is 7.11 Å². The lowest BCUT2D eigenvalue weighted by Crippen LogP contribution is -2.26. The standard InChI is InChI=1S/C13H20N2O3/c1-9(15-7-6-13(17)14-2)11-8-10(18-3)4-5-12(11)16/h4-5,8-9,15-16H,6-7H2,1-3H3,(H,14,17). The van der Waals surface area contributed by atoms with Crippen molar-refractivity contribution in [2.75, 3.05) is 20.7 Å². The number of aromatic hydroxyl groups is 1. The van der Waals surface area contributed by atoms with Gasteiger partial charge in [-0.1, -0.05) is 0 Å². The van der Waals surface area contributed by atoms with Crippen LogP contribution in [0.15, 0.2) is 18.2 Å². The first-order valence-corrected chi connectivity index (χ1v) is 5.89. The molecule has 0 aliphatic carbocycles. The zero-order chi connectivity index (χ0) is 13.5. The summed E-state index contributed by atoms with van der Waals surface area (Å²) in [5.74, 6) is 0.906. The fraction of sp³-hybridized carbons (Fsp3) is 0.462. The molecule has 0 bridgehead atoms. The minimum absolute atomic E-state index is 0.00966. The van der Waals surface area contributed by atoms with Crippen molar-refractivity contribution in [2.45, 2.75) is 19.4 Å². The third-order valence-corrected chi connectivity index (χ3v) is 2.78. The lowest BCUT2D eigenvalue weighted by atomic mass is 10.1. The Hall–Kier alpha value is -1.75. The van der Waals surface area contributed by atoms with Crippen LogP contribution in [-0.4, -0.2) is 31.7 Å². The van der Waals surface area contributed by atoms with E-state index in [1.54, 1.807) is 32.4 Å². The van der Waals surface area contributed by atoms with E-state index in [0.29, 0.717) is 18.7 Å². The first-order chi connectivity index (χ1) is 8.58. The molecule has 5 heteroatoms. The van der Waals surface area contributed by atoms with E-state index in [9.17, 15) is 9.90 Å². The van der Waals surface area contributed by atoms with E-state index in [0.717, 1.165) is 5.56 Å². The van der Waals surface area contributed by atoms with E-state index in [2.05, 4.69) is 10.6 Å². The van der Waals surface area contributed by atoms with Gasteiger partial charge in [0.25, 0.3) is 0 Å². The van der Waals surface area contributed by atoms with Gasteiger partial charge in [-0.3, -0.25) is 4.79 Å². The highest BCUT2D eigenvalue weighted by molar-refractivity contribution is 5.75. The van der Waals surface area contributed by atoms with Crippen LogP contribution in [0.5, 0.6) is 11.5 Å². The Kier molecular flexibility index (Phi) is 5.45. The van der Waals surface area contributed by atoms with Crippen LogP contribution in [0.2, 0.25) is 0 Å². The van der Waals surface area contributed by atoms with Crippen molar-refractivity contribution in [3.63, 3.8) is 0 Å². The summed E-state index contributed by atoms with van der Waals surface area (Å²) in [7, 11) is 3.19. The Bertz CT molecular complexity index is 407. The van der Waals surface area contributed by atoms with Gasteiger partial charge in [0, 0.05) is 31.6 Å². The highest BCUT2D eigenvalue weighted by atomic mass is 16.5. The summed E-state index contributed by atoms with van der Waals surface area (Å²) < 4.78 is 5.12. The molecular formula is C13H20N2O3. The van der Waals surface area contributed by atoms with Crippen LogP contribution in [0.3, 0.4) is 0 Å². The number of amides is 1. The largest absolute Gasteiger partial charge is 0.508 e. The lowest BCUT2D eigenvalue weighted by molar-refractivity contribution is -0.120. The number of hydrogen-bond donors (Lipinski definition) is 3. The van der Waals surface area contributed by atoms with Crippen molar-refractivity contribution >= 4 is 5.91 Å². The summed E-state index contributed by atoms with van der Waals surface area (Å²) in [5, 5.41) is 15.5. The number of phenols is 1. The van der Waals surface area contributed by atoms with Gasteiger partial charge < -0.3 is 20.5 Å². The van der Waals surface area contributed by atoms with E-state index in [4.69, 9.17) is 4.74 Å². The van der Waals surface area contributed by atoms with Crippen LogP contribution < -0.4 is 15.4 Å². The molecule has 100 valence electrons. The summed E-state index contributed by atoms with van der Waals surface area (Å²) in [6, 6.07) is 5.04. The Labute approximate surface area is 107 Å². The number of nitrogens with one attached hydrogen (secondary N) is 2. The molecule has 0 spiro atoms. The molecule has 1 atom stereocenters. The first kappa shape index (κ1) is 14.3. The maximum Gasteiger partial charge on any atom is 0.221 e. The number of methoxy groups -OCH3 is 1. The molecule has 3 N–H and O–H groups in total. The number of rotatable bonds is 6. The number of phenolic OH excluding ortho intramolecular Hbond substituents is 1. The monoisotopic (exact) mass is 252 g/mol. The first-order valence-electron chi connectivity index (χ1n) is 5.89. The van der Waals surface area contributed by atoms with Gasteiger partial charge in [-0.15, -0.1) is 0 Å².